The summed E-state index contributed by atoms with van der Waals surface area (Å²) < 4.78 is 0. The number of aldehydes is 2. The smallest absolute Gasteiger partial charge is 0.368 e. The Morgan fingerprint density at radius 2 is 1.47 bits per heavy atom. The SMILES string of the molecule is O=CC(=O)O.O=CC(O)C(O)C(O)C(O)CO. The molecular formula is C8H14O9. The Hall–Kier alpha value is -1.39. The summed E-state index contributed by atoms with van der Waals surface area (Å²) in [7, 11) is 0. The van der Waals surface area contributed by atoms with Crippen molar-refractivity contribution in [3.05, 3.63) is 0 Å². The highest BCUT2D eigenvalue weighted by molar-refractivity contribution is 6.19. The van der Waals surface area contributed by atoms with E-state index in [2.05, 4.69) is 0 Å². The molecule has 0 saturated carbocycles. The highest BCUT2D eigenvalue weighted by Crippen LogP contribution is 2.02. The van der Waals surface area contributed by atoms with Crippen molar-refractivity contribution in [2.45, 2.75) is 24.4 Å². The summed E-state index contributed by atoms with van der Waals surface area (Å²) in [5.41, 5.74) is 0. The normalized spacial score (nSPS) is 16.8. The van der Waals surface area contributed by atoms with Gasteiger partial charge in [0.25, 0.3) is 0 Å². The molecule has 0 fully saturated rings. The van der Waals surface area contributed by atoms with Gasteiger partial charge in [-0.3, -0.25) is 4.79 Å². The number of aliphatic carboxylic acids is 1. The Bertz CT molecular complexity index is 241. The standard InChI is InChI=1S/C6H12O6.C2H2O3/c7-1-3(9)5(11)6(12)4(10)2-8;3-1-2(4)5/h1,3-6,8-12H,2H2;1H,(H,4,5). The number of hydrogen-bond donors (Lipinski definition) is 6. The topological polar surface area (TPSA) is 173 Å². The molecule has 0 heterocycles. The molecule has 100 valence electrons. The van der Waals surface area contributed by atoms with Crippen molar-refractivity contribution in [3.63, 3.8) is 0 Å². The van der Waals surface area contributed by atoms with E-state index in [9.17, 15) is 4.79 Å². The van der Waals surface area contributed by atoms with E-state index in [1.165, 1.54) is 0 Å². The third-order valence-corrected chi connectivity index (χ3v) is 1.52. The van der Waals surface area contributed by atoms with Crippen LogP contribution in [0, 0.1) is 0 Å². The van der Waals surface area contributed by atoms with E-state index in [4.69, 9.17) is 40.2 Å². The maximum atomic E-state index is 9.90. The Morgan fingerprint density at radius 3 is 1.71 bits per heavy atom. The summed E-state index contributed by atoms with van der Waals surface area (Å²) in [5.74, 6) is -1.43. The molecule has 0 aromatic heterocycles. The van der Waals surface area contributed by atoms with Crippen molar-refractivity contribution in [2.24, 2.45) is 0 Å². The van der Waals surface area contributed by atoms with Crippen molar-refractivity contribution >= 4 is 18.5 Å². The molecule has 0 radical (unpaired) electrons. The predicted octanol–water partition coefficient (Wildman–Crippen LogP) is -4.11. The van der Waals surface area contributed by atoms with Gasteiger partial charge in [-0.05, 0) is 0 Å². The Kier molecular flexibility index (Phi) is 10.4. The van der Waals surface area contributed by atoms with Gasteiger partial charge in [-0.1, -0.05) is 0 Å². The minimum absolute atomic E-state index is 0.0258. The zero-order chi connectivity index (χ0) is 14.0. The monoisotopic (exact) mass is 254 g/mol. The minimum atomic E-state index is -1.79. The first-order chi connectivity index (χ1) is 7.81. The largest absolute Gasteiger partial charge is 0.476 e. The van der Waals surface area contributed by atoms with Gasteiger partial charge >= 0.3 is 5.97 Å². The predicted molar refractivity (Wildman–Crippen MR) is 50.9 cm³/mol. The molecule has 0 spiro atoms. The molecule has 0 aromatic carbocycles. The van der Waals surface area contributed by atoms with E-state index in [1.54, 1.807) is 0 Å². The van der Waals surface area contributed by atoms with E-state index in [1.807, 2.05) is 0 Å². The number of aliphatic hydroxyl groups is 5. The Balaban J connectivity index is 0. The van der Waals surface area contributed by atoms with Crippen molar-refractivity contribution < 1.29 is 45.0 Å². The van der Waals surface area contributed by atoms with Crippen LogP contribution in [0.2, 0.25) is 0 Å². The first kappa shape index (κ1) is 18.0. The highest BCUT2D eigenvalue weighted by Gasteiger charge is 2.29. The number of carboxylic acid groups (broad SMARTS) is 1. The molecular weight excluding hydrogens is 240 g/mol. The van der Waals surface area contributed by atoms with E-state index in [0.717, 1.165) is 0 Å². The highest BCUT2D eigenvalue weighted by atomic mass is 16.4. The van der Waals surface area contributed by atoms with E-state index in [-0.39, 0.29) is 12.6 Å². The van der Waals surface area contributed by atoms with Crippen LogP contribution in [0.25, 0.3) is 0 Å². The lowest BCUT2D eigenvalue weighted by atomic mass is 10.0. The van der Waals surface area contributed by atoms with E-state index in [0.29, 0.717) is 0 Å². The molecule has 6 N–H and O–H groups in total. The van der Waals surface area contributed by atoms with Gasteiger partial charge in [0.1, 0.15) is 24.4 Å². The van der Waals surface area contributed by atoms with Crippen LogP contribution in [-0.2, 0) is 14.4 Å². The van der Waals surface area contributed by atoms with Gasteiger partial charge in [0.2, 0.25) is 6.29 Å². The Morgan fingerprint density at radius 1 is 1.06 bits per heavy atom. The number of carboxylic acids is 1. The average Bonchev–Trinajstić information content (AvgIpc) is 2.35. The second-order valence-corrected chi connectivity index (χ2v) is 2.81. The summed E-state index contributed by atoms with van der Waals surface area (Å²) in [6, 6.07) is 0. The molecule has 17 heavy (non-hydrogen) atoms. The van der Waals surface area contributed by atoms with Crippen molar-refractivity contribution in [1.29, 1.82) is 0 Å². The third-order valence-electron chi connectivity index (χ3n) is 1.52. The lowest BCUT2D eigenvalue weighted by Gasteiger charge is -2.22. The molecule has 0 bridgehead atoms. The van der Waals surface area contributed by atoms with E-state index < -0.39 is 37.0 Å². The van der Waals surface area contributed by atoms with Crippen LogP contribution in [0.15, 0.2) is 0 Å². The minimum Gasteiger partial charge on any atom is -0.476 e. The van der Waals surface area contributed by atoms with Gasteiger partial charge in [-0.2, -0.15) is 0 Å². The fourth-order valence-corrected chi connectivity index (χ4v) is 0.618. The molecule has 4 unspecified atom stereocenters. The Labute approximate surface area is 95.5 Å². The molecule has 4 atom stereocenters. The van der Waals surface area contributed by atoms with Crippen LogP contribution in [0.4, 0.5) is 0 Å². The second kappa shape index (κ2) is 9.81. The van der Waals surface area contributed by atoms with Crippen molar-refractivity contribution in [2.75, 3.05) is 6.61 Å². The molecule has 0 aromatic rings. The fourth-order valence-electron chi connectivity index (χ4n) is 0.618. The average molecular weight is 254 g/mol. The summed E-state index contributed by atoms with van der Waals surface area (Å²) in [5, 5.41) is 50.9. The van der Waals surface area contributed by atoms with Gasteiger partial charge in [0.15, 0.2) is 6.29 Å². The van der Waals surface area contributed by atoms with Crippen molar-refractivity contribution in [1.82, 2.24) is 0 Å². The molecule has 0 amide bonds. The third kappa shape index (κ3) is 8.42. The second-order valence-electron chi connectivity index (χ2n) is 2.81. The summed E-state index contributed by atoms with van der Waals surface area (Å²) in [4.78, 5) is 27.8. The fraction of sp³-hybridized carbons (Fsp3) is 0.625. The van der Waals surface area contributed by atoms with Crippen LogP contribution >= 0.6 is 0 Å². The van der Waals surface area contributed by atoms with Crippen LogP contribution in [0.3, 0.4) is 0 Å². The number of carbonyl (C=O) groups is 3. The summed E-state index contributed by atoms with van der Waals surface area (Å²) in [6.45, 7) is -0.760. The van der Waals surface area contributed by atoms with Gasteiger partial charge < -0.3 is 35.4 Å². The number of aliphatic hydroxyl groups excluding tert-OH is 5. The molecule has 0 saturated heterocycles. The quantitative estimate of drug-likeness (QED) is 0.203. The van der Waals surface area contributed by atoms with Crippen LogP contribution in [0.1, 0.15) is 0 Å². The molecule has 0 aliphatic heterocycles. The van der Waals surface area contributed by atoms with Crippen LogP contribution < -0.4 is 0 Å². The van der Waals surface area contributed by atoms with Crippen LogP contribution in [0.5, 0.6) is 0 Å². The van der Waals surface area contributed by atoms with Gasteiger partial charge in [-0.25, -0.2) is 4.79 Å². The maximum absolute atomic E-state index is 9.90. The summed E-state index contributed by atoms with van der Waals surface area (Å²) in [6.07, 6.45) is -7.01. The maximum Gasteiger partial charge on any atom is 0.368 e. The molecule has 0 aliphatic carbocycles. The zero-order valence-electron chi connectivity index (χ0n) is 8.58. The number of carbonyl (C=O) groups excluding carboxylic acids is 2. The first-order valence-electron chi connectivity index (χ1n) is 4.28. The lowest BCUT2D eigenvalue weighted by Crippen LogP contribution is -2.46. The number of rotatable bonds is 6. The van der Waals surface area contributed by atoms with Crippen molar-refractivity contribution in [3.8, 4) is 0 Å². The zero-order valence-corrected chi connectivity index (χ0v) is 8.58. The number of hydrogen-bond acceptors (Lipinski definition) is 8. The molecule has 0 aliphatic rings. The molecule has 9 heteroatoms. The van der Waals surface area contributed by atoms with E-state index >= 15 is 0 Å². The van der Waals surface area contributed by atoms with Gasteiger partial charge in [-0.15, -0.1) is 0 Å². The van der Waals surface area contributed by atoms with Crippen LogP contribution in [-0.4, -0.2) is 80.2 Å². The molecule has 0 rings (SSSR count). The lowest BCUT2D eigenvalue weighted by molar-refractivity contribution is -0.143. The first-order valence-corrected chi connectivity index (χ1v) is 4.28. The molecule has 9 nitrogen and oxygen atoms in total. The van der Waals surface area contributed by atoms with Gasteiger partial charge in [0, 0.05) is 0 Å². The van der Waals surface area contributed by atoms with Gasteiger partial charge in [0.05, 0.1) is 6.61 Å². The summed E-state index contributed by atoms with van der Waals surface area (Å²) >= 11 is 0.